The van der Waals surface area contributed by atoms with Crippen LogP contribution in [0, 0.1) is 6.92 Å². The third-order valence-electron chi connectivity index (χ3n) is 2.26. The van der Waals surface area contributed by atoms with Crippen LogP contribution in [0.3, 0.4) is 0 Å². The van der Waals surface area contributed by atoms with Gasteiger partial charge in [-0.1, -0.05) is 11.2 Å². The summed E-state index contributed by atoms with van der Waals surface area (Å²) in [5, 5.41) is 12.4. The van der Waals surface area contributed by atoms with Gasteiger partial charge in [0.25, 0.3) is 0 Å². The van der Waals surface area contributed by atoms with E-state index in [1.807, 2.05) is 13.0 Å². The first-order valence-electron chi connectivity index (χ1n) is 4.64. The lowest BCUT2D eigenvalue weighted by Crippen LogP contribution is -1.92. The number of benzene rings is 1. The zero-order valence-electron chi connectivity index (χ0n) is 8.60. The molecule has 0 spiro atoms. The van der Waals surface area contributed by atoms with E-state index in [1.165, 1.54) is 6.07 Å². The van der Waals surface area contributed by atoms with Gasteiger partial charge in [-0.2, -0.15) is 0 Å². The number of carbonyl (C=O) groups is 1. The van der Waals surface area contributed by atoms with Crippen molar-refractivity contribution >= 4 is 11.7 Å². The minimum Gasteiger partial charge on any atom is -0.475 e. The van der Waals surface area contributed by atoms with E-state index in [0.717, 1.165) is 11.1 Å². The average Bonchev–Trinajstić information content (AvgIpc) is 2.70. The molecule has 1 heterocycles. The van der Waals surface area contributed by atoms with Crippen LogP contribution in [0.2, 0.25) is 0 Å². The molecular weight excluding hydrogens is 208 g/mol. The van der Waals surface area contributed by atoms with Crippen LogP contribution in [0.4, 0.5) is 5.69 Å². The Labute approximate surface area is 91.5 Å². The summed E-state index contributed by atoms with van der Waals surface area (Å²) in [5.41, 5.74) is 8.46. The highest BCUT2D eigenvalue weighted by Gasteiger charge is 2.13. The van der Waals surface area contributed by atoms with E-state index in [9.17, 15) is 4.79 Å². The molecule has 1 aromatic heterocycles. The monoisotopic (exact) mass is 218 g/mol. The van der Waals surface area contributed by atoms with E-state index in [1.54, 1.807) is 12.1 Å². The van der Waals surface area contributed by atoms with Crippen LogP contribution in [0.15, 0.2) is 28.8 Å². The molecule has 0 aliphatic carbocycles. The first-order chi connectivity index (χ1) is 7.58. The van der Waals surface area contributed by atoms with Gasteiger partial charge in [0.05, 0.1) is 0 Å². The summed E-state index contributed by atoms with van der Waals surface area (Å²) >= 11 is 0. The maximum atomic E-state index is 10.6. The summed E-state index contributed by atoms with van der Waals surface area (Å²) in [4.78, 5) is 10.6. The molecule has 0 atom stereocenters. The Bertz CT molecular complexity index is 546. The zero-order chi connectivity index (χ0) is 11.7. The second kappa shape index (κ2) is 3.69. The smallest absolute Gasteiger partial charge is 0.374 e. The van der Waals surface area contributed by atoms with E-state index in [2.05, 4.69) is 9.68 Å². The second-order valence-electron chi connectivity index (χ2n) is 3.46. The molecule has 0 aliphatic heterocycles. The van der Waals surface area contributed by atoms with Gasteiger partial charge < -0.3 is 15.4 Å². The number of nitrogens with two attached hydrogens (primary N) is 1. The van der Waals surface area contributed by atoms with Gasteiger partial charge in [0.1, 0.15) is 5.69 Å². The number of hydrogen-bond acceptors (Lipinski definition) is 4. The molecular formula is C11H10N2O3. The van der Waals surface area contributed by atoms with Crippen molar-refractivity contribution in [3.63, 3.8) is 0 Å². The Morgan fingerprint density at radius 1 is 1.44 bits per heavy atom. The number of nitrogen functional groups attached to an aromatic ring is 1. The number of aromatic carboxylic acids is 1. The molecule has 5 heteroatoms. The summed E-state index contributed by atoms with van der Waals surface area (Å²) in [6, 6.07) is 6.74. The zero-order valence-corrected chi connectivity index (χ0v) is 8.60. The highest BCUT2D eigenvalue weighted by atomic mass is 16.5. The van der Waals surface area contributed by atoms with Crippen molar-refractivity contribution in [2.75, 3.05) is 5.73 Å². The van der Waals surface area contributed by atoms with Crippen molar-refractivity contribution < 1.29 is 14.4 Å². The number of aromatic nitrogens is 1. The van der Waals surface area contributed by atoms with Gasteiger partial charge in [-0.05, 0) is 24.6 Å². The fraction of sp³-hybridized carbons (Fsp3) is 0.0909. The molecule has 0 bridgehead atoms. The maximum Gasteiger partial charge on any atom is 0.374 e. The standard InChI is InChI=1S/C11H10N2O3/c1-6-2-3-7(12)4-8(6)9-5-10(11(14)15)16-13-9/h2-5H,12H2,1H3,(H,14,15). The molecule has 2 aromatic rings. The van der Waals surface area contributed by atoms with Crippen molar-refractivity contribution in [2.24, 2.45) is 0 Å². The van der Waals surface area contributed by atoms with E-state index in [4.69, 9.17) is 10.8 Å². The molecule has 0 amide bonds. The molecule has 16 heavy (non-hydrogen) atoms. The van der Waals surface area contributed by atoms with Crippen LogP contribution in [-0.2, 0) is 0 Å². The summed E-state index contributed by atoms with van der Waals surface area (Å²) in [7, 11) is 0. The van der Waals surface area contributed by atoms with Crippen molar-refractivity contribution in [3.8, 4) is 11.3 Å². The molecule has 2 rings (SSSR count). The van der Waals surface area contributed by atoms with Crippen molar-refractivity contribution in [2.45, 2.75) is 6.92 Å². The topological polar surface area (TPSA) is 89.4 Å². The number of nitrogens with zero attached hydrogens (tertiary/aromatic N) is 1. The third kappa shape index (κ3) is 1.75. The molecule has 82 valence electrons. The summed E-state index contributed by atoms with van der Waals surface area (Å²) in [6.45, 7) is 1.89. The van der Waals surface area contributed by atoms with Crippen LogP contribution in [0.5, 0.6) is 0 Å². The summed E-state index contributed by atoms with van der Waals surface area (Å²) in [6.07, 6.45) is 0. The number of hydrogen-bond donors (Lipinski definition) is 2. The van der Waals surface area contributed by atoms with E-state index in [-0.39, 0.29) is 5.76 Å². The van der Waals surface area contributed by atoms with Crippen LogP contribution in [0.25, 0.3) is 11.3 Å². The molecule has 0 fully saturated rings. The predicted molar refractivity (Wildman–Crippen MR) is 58.0 cm³/mol. The van der Waals surface area contributed by atoms with Gasteiger partial charge in [-0.3, -0.25) is 0 Å². The minimum absolute atomic E-state index is 0.183. The summed E-state index contributed by atoms with van der Waals surface area (Å²) in [5.74, 6) is -1.32. The SMILES string of the molecule is Cc1ccc(N)cc1-c1cc(C(=O)O)on1. The lowest BCUT2D eigenvalue weighted by Gasteiger charge is -2.02. The Kier molecular flexibility index (Phi) is 2.36. The van der Waals surface area contributed by atoms with Gasteiger partial charge in [0.2, 0.25) is 5.76 Å². The number of anilines is 1. The Morgan fingerprint density at radius 2 is 2.19 bits per heavy atom. The number of rotatable bonds is 2. The lowest BCUT2D eigenvalue weighted by molar-refractivity contribution is 0.0652. The molecule has 3 N–H and O–H groups in total. The van der Waals surface area contributed by atoms with Gasteiger partial charge in [-0.15, -0.1) is 0 Å². The number of carboxylic acids is 1. The molecule has 0 aliphatic rings. The van der Waals surface area contributed by atoms with Crippen molar-refractivity contribution in [1.29, 1.82) is 0 Å². The van der Waals surface area contributed by atoms with Gasteiger partial charge >= 0.3 is 5.97 Å². The largest absolute Gasteiger partial charge is 0.475 e. The van der Waals surface area contributed by atoms with E-state index >= 15 is 0 Å². The highest BCUT2D eigenvalue weighted by molar-refractivity contribution is 5.86. The maximum absolute atomic E-state index is 10.6. The van der Waals surface area contributed by atoms with Crippen LogP contribution >= 0.6 is 0 Å². The van der Waals surface area contributed by atoms with E-state index in [0.29, 0.717) is 11.4 Å². The Hall–Kier alpha value is -2.30. The molecule has 0 unspecified atom stereocenters. The Morgan fingerprint density at radius 3 is 2.81 bits per heavy atom. The third-order valence-corrected chi connectivity index (χ3v) is 2.26. The first-order valence-corrected chi connectivity index (χ1v) is 4.64. The molecule has 1 aromatic carbocycles. The van der Waals surface area contributed by atoms with Crippen molar-refractivity contribution in [1.82, 2.24) is 5.16 Å². The first kappa shape index (κ1) is 10.2. The molecule has 0 saturated heterocycles. The van der Waals surface area contributed by atoms with Crippen LogP contribution in [0.1, 0.15) is 16.1 Å². The van der Waals surface area contributed by atoms with Crippen molar-refractivity contribution in [3.05, 3.63) is 35.6 Å². The van der Waals surface area contributed by atoms with Crippen LogP contribution in [-0.4, -0.2) is 16.2 Å². The average molecular weight is 218 g/mol. The second-order valence-corrected chi connectivity index (χ2v) is 3.46. The minimum atomic E-state index is -1.14. The highest BCUT2D eigenvalue weighted by Crippen LogP contribution is 2.25. The molecule has 0 radical (unpaired) electrons. The fourth-order valence-electron chi connectivity index (χ4n) is 1.42. The normalized spacial score (nSPS) is 10.3. The Balaban J connectivity index is 2.50. The summed E-state index contributed by atoms with van der Waals surface area (Å²) < 4.78 is 4.68. The van der Waals surface area contributed by atoms with Gasteiger partial charge in [-0.25, -0.2) is 4.79 Å². The quantitative estimate of drug-likeness (QED) is 0.751. The van der Waals surface area contributed by atoms with Gasteiger partial charge in [0.15, 0.2) is 0 Å². The number of aryl methyl sites for hydroxylation is 1. The number of carboxylic acid groups (broad SMARTS) is 1. The fourth-order valence-corrected chi connectivity index (χ4v) is 1.42. The predicted octanol–water partition coefficient (Wildman–Crippen LogP) is 1.93. The molecule has 0 saturated carbocycles. The van der Waals surface area contributed by atoms with Crippen LogP contribution < -0.4 is 5.73 Å². The lowest BCUT2D eigenvalue weighted by atomic mass is 10.0. The van der Waals surface area contributed by atoms with E-state index < -0.39 is 5.97 Å². The van der Waals surface area contributed by atoms with Gasteiger partial charge in [0, 0.05) is 17.3 Å². The molecule has 5 nitrogen and oxygen atoms in total.